The summed E-state index contributed by atoms with van der Waals surface area (Å²) >= 11 is 1.73. The first-order valence-electron chi connectivity index (χ1n) is 9.46. The van der Waals surface area contributed by atoms with E-state index in [0.29, 0.717) is 12.1 Å². The number of morpholine rings is 1. The van der Waals surface area contributed by atoms with Crippen LogP contribution in [0.15, 0.2) is 53.9 Å². The van der Waals surface area contributed by atoms with Gasteiger partial charge < -0.3 is 14.8 Å². The minimum absolute atomic E-state index is 0.0486. The van der Waals surface area contributed by atoms with Gasteiger partial charge in [0.15, 0.2) is 0 Å². The molecule has 146 valence electrons. The van der Waals surface area contributed by atoms with Crippen LogP contribution in [0.4, 0.5) is 0 Å². The Kier molecular flexibility index (Phi) is 5.90. The average molecular weight is 397 g/mol. The number of carbonyl (C=O) groups is 1. The molecule has 28 heavy (non-hydrogen) atoms. The lowest BCUT2D eigenvalue weighted by Crippen LogP contribution is -2.43. The molecule has 2 aromatic carbocycles. The summed E-state index contributed by atoms with van der Waals surface area (Å²) in [6.07, 6.45) is 0. The summed E-state index contributed by atoms with van der Waals surface area (Å²) in [6, 6.07) is 16.0. The van der Waals surface area contributed by atoms with Gasteiger partial charge in [-0.3, -0.25) is 9.69 Å². The second kappa shape index (κ2) is 8.73. The Labute approximate surface area is 168 Å². The van der Waals surface area contributed by atoms with Crippen LogP contribution >= 0.6 is 11.3 Å². The molecule has 0 bridgehead atoms. The van der Waals surface area contributed by atoms with Crippen LogP contribution in [0.1, 0.15) is 21.3 Å². The summed E-state index contributed by atoms with van der Waals surface area (Å²) in [5.41, 5.74) is 0.671. The smallest absolute Gasteiger partial charge is 0.251 e. The Balaban J connectivity index is 1.48. The Hall–Kier alpha value is -2.41. The maximum atomic E-state index is 12.8. The summed E-state index contributed by atoms with van der Waals surface area (Å²) in [5.74, 6) is 0.765. The third-order valence-electron chi connectivity index (χ3n) is 5.12. The molecule has 6 heteroatoms. The maximum absolute atomic E-state index is 12.8. The number of hydrogen-bond donors (Lipinski definition) is 1. The summed E-state index contributed by atoms with van der Waals surface area (Å²) < 4.78 is 10.8. The van der Waals surface area contributed by atoms with E-state index in [1.807, 2.05) is 36.4 Å². The molecule has 1 atom stereocenters. The third-order valence-corrected chi connectivity index (χ3v) is 6.10. The highest BCUT2D eigenvalue weighted by atomic mass is 32.1. The molecule has 0 spiro atoms. The number of nitrogens with zero attached hydrogens (tertiary/aromatic N) is 1. The first-order valence-corrected chi connectivity index (χ1v) is 10.3. The fourth-order valence-electron chi connectivity index (χ4n) is 3.56. The SMILES string of the molecule is COc1ccc2cc(C(=O)NC[C@@H](c3cccs3)N3CCOCC3)ccc2c1. The van der Waals surface area contributed by atoms with Gasteiger partial charge in [0.25, 0.3) is 5.91 Å². The predicted molar refractivity (Wildman–Crippen MR) is 112 cm³/mol. The van der Waals surface area contributed by atoms with Gasteiger partial charge in [-0.25, -0.2) is 0 Å². The second-order valence-corrected chi connectivity index (χ2v) is 7.80. The largest absolute Gasteiger partial charge is 0.497 e. The van der Waals surface area contributed by atoms with Gasteiger partial charge in [0.2, 0.25) is 0 Å². The maximum Gasteiger partial charge on any atom is 0.251 e. The van der Waals surface area contributed by atoms with Gasteiger partial charge in [-0.05, 0) is 46.5 Å². The number of benzene rings is 2. The van der Waals surface area contributed by atoms with E-state index < -0.39 is 0 Å². The van der Waals surface area contributed by atoms with Gasteiger partial charge in [-0.2, -0.15) is 0 Å². The Morgan fingerprint density at radius 1 is 1.18 bits per heavy atom. The molecule has 0 saturated carbocycles. The molecule has 1 saturated heterocycles. The third kappa shape index (κ3) is 4.19. The average Bonchev–Trinajstić information content (AvgIpc) is 3.28. The number of ether oxygens (including phenoxy) is 2. The first-order chi connectivity index (χ1) is 13.7. The number of rotatable bonds is 6. The fourth-order valence-corrected chi connectivity index (χ4v) is 4.42. The lowest BCUT2D eigenvalue weighted by molar-refractivity contribution is 0.0169. The quantitative estimate of drug-likeness (QED) is 0.690. The van der Waals surface area contributed by atoms with Gasteiger partial charge in [0.1, 0.15) is 5.75 Å². The first kappa shape index (κ1) is 18.9. The minimum atomic E-state index is -0.0486. The Bertz CT molecular complexity index is 936. The second-order valence-electron chi connectivity index (χ2n) is 6.82. The minimum Gasteiger partial charge on any atom is -0.497 e. The standard InChI is InChI=1S/C22H24N2O3S/c1-26-19-7-6-16-13-18(5-4-17(16)14-19)22(25)23-15-20(21-3-2-12-28-21)24-8-10-27-11-9-24/h2-7,12-14,20H,8-11,15H2,1H3,(H,23,25)/t20-/m0/s1. The van der Waals surface area contributed by atoms with E-state index in [1.165, 1.54) is 4.88 Å². The zero-order chi connectivity index (χ0) is 19.3. The van der Waals surface area contributed by atoms with Crippen LogP contribution < -0.4 is 10.1 Å². The van der Waals surface area contributed by atoms with Crippen LogP contribution in [0.5, 0.6) is 5.75 Å². The van der Waals surface area contributed by atoms with Crippen LogP contribution in [0.2, 0.25) is 0 Å². The van der Waals surface area contributed by atoms with Crippen LogP contribution in [0.3, 0.4) is 0 Å². The Morgan fingerprint density at radius 2 is 1.96 bits per heavy atom. The number of nitrogens with one attached hydrogen (secondary N) is 1. The monoisotopic (exact) mass is 396 g/mol. The van der Waals surface area contributed by atoms with Crippen molar-refractivity contribution in [1.29, 1.82) is 0 Å². The van der Waals surface area contributed by atoms with Crippen molar-refractivity contribution in [2.45, 2.75) is 6.04 Å². The van der Waals surface area contributed by atoms with E-state index in [4.69, 9.17) is 9.47 Å². The van der Waals surface area contributed by atoms with Crippen LogP contribution in [-0.4, -0.2) is 50.8 Å². The van der Waals surface area contributed by atoms with Crippen LogP contribution in [0, 0.1) is 0 Å². The van der Waals surface area contributed by atoms with Gasteiger partial charge in [-0.15, -0.1) is 11.3 Å². The van der Waals surface area contributed by atoms with Gasteiger partial charge in [0.05, 0.1) is 26.4 Å². The van der Waals surface area contributed by atoms with Crippen molar-refractivity contribution < 1.29 is 14.3 Å². The summed E-state index contributed by atoms with van der Waals surface area (Å²) in [4.78, 5) is 16.5. The number of methoxy groups -OCH3 is 1. The molecule has 0 aliphatic carbocycles. The van der Waals surface area contributed by atoms with Crippen molar-refractivity contribution in [2.75, 3.05) is 40.0 Å². The zero-order valence-corrected chi connectivity index (χ0v) is 16.7. The molecule has 4 rings (SSSR count). The van der Waals surface area contributed by atoms with Crippen molar-refractivity contribution in [1.82, 2.24) is 10.2 Å². The molecular weight excluding hydrogens is 372 g/mol. The molecule has 1 aliphatic heterocycles. The molecule has 1 amide bonds. The van der Waals surface area contributed by atoms with Gasteiger partial charge in [0, 0.05) is 30.1 Å². The Morgan fingerprint density at radius 3 is 2.71 bits per heavy atom. The van der Waals surface area contributed by atoms with Crippen molar-refractivity contribution in [3.63, 3.8) is 0 Å². The number of hydrogen-bond acceptors (Lipinski definition) is 5. The lowest BCUT2D eigenvalue weighted by Gasteiger charge is -2.34. The summed E-state index contributed by atoms with van der Waals surface area (Å²) in [6.45, 7) is 3.83. The van der Waals surface area contributed by atoms with E-state index in [2.05, 4.69) is 27.7 Å². The highest BCUT2D eigenvalue weighted by molar-refractivity contribution is 7.10. The van der Waals surface area contributed by atoms with E-state index >= 15 is 0 Å². The molecule has 1 aromatic heterocycles. The van der Waals surface area contributed by atoms with Gasteiger partial charge in [-0.1, -0.05) is 18.2 Å². The summed E-state index contributed by atoms with van der Waals surface area (Å²) in [7, 11) is 1.65. The molecule has 1 fully saturated rings. The van der Waals surface area contributed by atoms with Crippen LogP contribution in [-0.2, 0) is 4.74 Å². The summed E-state index contributed by atoms with van der Waals surface area (Å²) in [5, 5.41) is 7.30. The molecule has 5 nitrogen and oxygen atoms in total. The molecular formula is C22H24N2O3S. The zero-order valence-electron chi connectivity index (χ0n) is 15.9. The number of fused-ring (bicyclic) bond motifs is 1. The lowest BCUT2D eigenvalue weighted by atomic mass is 10.1. The van der Waals surface area contributed by atoms with E-state index in [-0.39, 0.29) is 11.9 Å². The van der Waals surface area contributed by atoms with Crippen LogP contribution in [0.25, 0.3) is 10.8 Å². The van der Waals surface area contributed by atoms with Gasteiger partial charge >= 0.3 is 0 Å². The van der Waals surface area contributed by atoms with Crippen molar-refractivity contribution >= 4 is 28.0 Å². The molecule has 1 N–H and O–H groups in total. The number of thiophene rings is 1. The topological polar surface area (TPSA) is 50.8 Å². The molecule has 1 aliphatic rings. The number of amides is 1. The molecule has 3 aromatic rings. The van der Waals surface area contributed by atoms with Crippen molar-refractivity contribution in [3.8, 4) is 5.75 Å². The molecule has 0 unspecified atom stereocenters. The van der Waals surface area contributed by atoms with E-state index in [1.54, 1.807) is 18.4 Å². The van der Waals surface area contributed by atoms with Crippen molar-refractivity contribution in [3.05, 3.63) is 64.4 Å². The fraction of sp³-hybridized carbons (Fsp3) is 0.318. The normalized spacial score (nSPS) is 16.0. The highest BCUT2D eigenvalue weighted by Gasteiger charge is 2.24. The van der Waals surface area contributed by atoms with E-state index in [9.17, 15) is 4.79 Å². The number of carbonyl (C=O) groups excluding carboxylic acids is 1. The highest BCUT2D eigenvalue weighted by Crippen LogP contribution is 2.26. The van der Waals surface area contributed by atoms with E-state index in [0.717, 1.165) is 42.8 Å². The molecule has 0 radical (unpaired) electrons. The predicted octanol–water partition coefficient (Wildman–Crippen LogP) is 3.71. The molecule has 2 heterocycles. The van der Waals surface area contributed by atoms with Crippen molar-refractivity contribution in [2.24, 2.45) is 0 Å².